The highest BCUT2D eigenvalue weighted by Gasteiger charge is 2.27. The summed E-state index contributed by atoms with van der Waals surface area (Å²) in [5.41, 5.74) is 2.11. The van der Waals surface area contributed by atoms with E-state index in [0.717, 1.165) is 17.8 Å². The van der Waals surface area contributed by atoms with Gasteiger partial charge in [-0.15, -0.1) is 0 Å². The lowest BCUT2D eigenvalue weighted by Gasteiger charge is -2.16. The Balaban J connectivity index is 2.09. The van der Waals surface area contributed by atoms with Crippen molar-refractivity contribution in [3.05, 3.63) is 29.6 Å². The molecule has 0 aliphatic carbocycles. The first-order valence-corrected chi connectivity index (χ1v) is 5.55. The van der Waals surface area contributed by atoms with Crippen molar-refractivity contribution >= 4 is 18.5 Å². The topological polar surface area (TPSA) is 33.2 Å². The molecular weight excluding hydrogens is 208 g/mol. The molecule has 0 radical (unpaired) electrons. The summed E-state index contributed by atoms with van der Waals surface area (Å²) in [6.45, 7) is 3.36. The first kappa shape index (κ1) is 10.5. The fourth-order valence-corrected chi connectivity index (χ4v) is 2.12. The maximum absolute atomic E-state index is 11.5. The zero-order chi connectivity index (χ0) is 10.8. The van der Waals surface area contributed by atoms with Crippen LogP contribution >= 0.6 is 12.6 Å². The average molecular weight is 222 g/mol. The maximum atomic E-state index is 11.5. The van der Waals surface area contributed by atoms with Crippen LogP contribution in [-0.2, 0) is 11.3 Å². The normalized spacial score (nSPS) is 21.1. The number of pyridine rings is 1. The van der Waals surface area contributed by atoms with Crippen LogP contribution in [0, 0.1) is 6.92 Å². The van der Waals surface area contributed by atoms with Gasteiger partial charge >= 0.3 is 0 Å². The van der Waals surface area contributed by atoms with Gasteiger partial charge in [-0.1, -0.05) is 6.07 Å². The molecule has 4 heteroatoms. The number of hydrogen-bond acceptors (Lipinski definition) is 3. The first-order chi connectivity index (χ1) is 7.16. The van der Waals surface area contributed by atoms with Crippen molar-refractivity contribution in [1.29, 1.82) is 0 Å². The first-order valence-electron chi connectivity index (χ1n) is 5.03. The summed E-state index contributed by atoms with van der Waals surface area (Å²) in [4.78, 5) is 17.7. The molecule has 0 aromatic carbocycles. The summed E-state index contributed by atoms with van der Waals surface area (Å²) in [5, 5.41) is 0.182. The number of rotatable bonds is 2. The Morgan fingerprint density at radius 3 is 3.07 bits per heavy atom. The van der Waals surface area contributed by atoms with E-state index in [1.807, 2.05) is 24.0 Å². The molecule has 1 saturated heterocycles. The van der Waals surface area contributed by atoms with E-state index in [-0.39, 0.29) is 11.2 Å². The number of hydrogen-bond donors (Lipinski definition) is 1. The van der Waals surface area contributed by atoms with E-state index >= 15 is 0 Å². The van der Waals surface area contributed by atoms with Gasteiger partial charge in [0.1, 0.15) is 0 Å². The molecule has 0 spiro atoms. The van der Waals surface area contributed by atoms with Crippen molar-refractivity contribution in [2.45, 2.75) is 25.1 Å². The lowest BCUT2D eigenvalue weighted by atomic mass is 10.2. The molecule has 1 atom stereocenters. The molecule has 2 rings (SSSR count). The van der Waals surface area contributed by atoms with Gasteiger partial charge in [0.15, 0.2) is 0 Å². The van der Waals surface area contributed by atoms with Crippen LogP contribution in [0.1, 0.15) is 17.7 Å². The quantitative estimate of drug-likeness (QED) is 0.768. The predicted octanol–water partition coefficient (Wildman–Crippen LogP) is 1.42. The van der Waals surface area contributed by atoms with Gasteiger partial charge in [0.2, 0.25) is 5.91 Å². The highest BCUT2D eigenvalue weighted by Crippen LogP contribution is 2.18. The monoisotopic (exact) mass is 222 g/mol. The summed E-state index contributed by atoms with van der Waals surface area (Å²) in [7, 11) is 0. The summed E-state index contributed by atoms with van der Waals surface area (Å²) in [6, 6.07) is 3.92. The molecule has 1 aromatic heterocycles. The summed E-state index contributed by atoms with van der Waals surface area (Å²) >= 11 is 4.32. The van der Waals surface area contributed by atoms with E-state index in [2.05, 4.69) is 17.6 Å². The highest BCUT2D eigenvalue weighted by atomic mass is 32.1. The van der Waals surface area contributed by atoms with E-state index in [4.69, 9.17) is 0 Å². The van der Waals surface area contributed by atoms with E-state index < -0.39 is 0 Å². The smallest absolute Gasteiger partial charge is 0.224 e. The maximum Gasteiger partial charge on any atom is 0.224 e. The van der Waals surface area contributed by atoms with Crippen molar-refractivity contribution < 1.29 is 4.79 Å². The number of carbonyl (C=O) groups is 1. The zero-order valence-corrected chi connectivity index (χ0v) is 9.58. The molecule has 2 heterocycles. The fourth-order valence-electron chi connectivity index (χ4n) is 1.77. The van der Waals surface area contributed by atoms with Crippen LogP contribution in [0.5, 0.6) is 0 Å². The molecule has 1 aliphatic rings. The SMILES string of the molecule is Cc1cccnc1CN1CC(S)CC1=O. The number of amides is 1. The third kappa shape index (κ3) is 2.31. The molecular formula is C11H14N2OS. The van der Waals surface area contributed by atoms with Crippen LogP contribution < -0.4 is 0 Å². The summed E-state index contributed by atoms with van der Waals surface area (Å²) in [5.74, 6) is 0.181. The number of aromatic nitrogens is 1. The Bertz CT molecular complexity index is 381. The van der Waals surface area contributed by atoms with E-state index in [1.165, 1.54) is 0 Å². The lowest BCUT2D eigenvalue weighted by Crippen LogP contribution is -2.25. The predicted molar refractivity (Wildman–Crippen MR) is 61.8 cm³/mol. The summed E-state index contributed by atoms with van der Waals surface area (Å²) in [6.07, 6.45) is 2.32. The second-order valence-electron chi connectivity index (χ2n) is 3.90. The van der Waals surface area contributed by atoms with E-state index in [1.54, 1.807) is 6.20 Å². The van der Waals surface area contributed by atoms with Gasteiger partial charge in [-0.3, -0.25) is 9.78 Å². The van der Waals surface area contributed by atoms with Crippen LogP contribution in [0.2, 0.25) is 0 Å². The number of carbonyl (C=O) groups excluding carboxylic acids is 1. The minimum Gasteiger partial charge on any atom is -0.336 e. The minimum absolute atomic E-state index is 0.181. The van der Waals surface area contributed by atoms with Crippen molar-refractivity contribution in [1.82, 2.24) is 9.88 Å². The van der Waals surface area contributed by atoms with Gasteiger partial charge in [-0.25, -0.2) is 0 Å². The molecule has 1 aromatic rings. The molecule has 1 aliphatic heterocycles. The Labute approximate surface area is 94.9 Å². The van der Waals surface area contributed by atoms with Gasteiger partial charge < -0.3 is 4.90 Å². The van der Waals surface area contributed by atoms with Crippen molar-refractivity contribution in [2.75, 3.05) is 6.54 Å². The molecule has 0 saturated carbocycles. The van der Waals surface area contributed by atoms with Crippen LogP contribution in [0.15, 0.2) is 18.3 Å². The zero-order valence-electron chi connectivity index (χ0n) is 8.68. The third-order valence-corrected chi connectivity index (χ3v) is 3.00. The van der Waals surface area contributed by atoms with E-state index in [0.29, 0.717) is 13.0 Å². The number of nitrogens with zero attached hydrogens (tertiary/aromatic N) is 2. The minimum atomic E-state index is 0.181. The van der Waals surface area contributed by atoms with Crippen LogP contribution in [-0.4, -0.2) is 27.6 Å². The Hall–Kier alpha value is -1.03. The van der Waals surface area contributed by atoms with Gasteiger partial charge in [0, 0.05) is 24.4 Å². The van der Waals surface area contributed by atoms with E-state index in [9.17, 15) is 4.79 Å². The average Bonchev–Trinajstić information content (AvgIpc) is 2.49. The largest absolute Gasteiger partial charge is 0.336 e. The highest BCUT2D eigenvalue weighted by molar-refractivity contribution is 7.81. The standard InChI is InChI=1S/C11H14N2OS/c1-8-3-2-4-12-10(8)7-13-6-9(15)5-11(13)14/h2-4,9,15H,5-7H2,1H3. The van der Waals surface area contributed by atoms with Gasteiger partial charge in [-0.2, -0.15) is 12.6 Å². The fraction of sp³-hybridized carbons (Fsp3) is 0.455. The van der Waals surface area contributed by atoms with Gasteiger partial charge in [0.05, 0.1) is 12.2 Å². The Kier molecular flexibility index (Phi) is 2.95. The third-order valence-electron chi connectivity index (χ3n) is 2.65. The molecule has 1 amide bonds. The summed E-state index contributed by atoms with van der Waals surface area (Å²) < 4.78 is 0. The molecule has 15 heavy (non-hydrogen) atoms. The molecule has 0 N–H and O–H groups in total. The van der Waals surface area contributed by atoms with Crippen molar-refractivity contribution in [3.8, 4) is 0 Å². The second kappa shape index (κ2) is 4.23. The van der Waals surface area contributed by atoms with Crippen molar-refractivity contribution in [2.24, 2.45) is 0 Å². The van der Waals surface area contributed by atoms with Crippen LogP contribution in [0.4, 0.5) is 0 Å². The Morgan fingerprint density at radius 1 is 1.67 bits per heavy atom. The molecule has 80 valence electrons. The van der Waals surface area contributed by atoms with Crippen LogP contribution in [0.3, 0.4) is 0 Å². The number of aryl methyl sites for hydroxylation is 1. The molecule has 1 unspecified atom stereocenters. The Morgan fingerprint density at radius 2 is 2.47 bits per heavy atom. The van der Waals surface area contributed by atoms with Crippen LogP contribution in [0.25, 0.3) is 0 Å². The second-order valence-corrected chi connectivity index (χ2v) is 4.63. The van der Waals surface area contributed by atoms with Crippen molar-refractivity contribution in [3.63, 3.8) is 0 Å². The molecule has 3 nitrogen and oxygen atoms in total. The number of likely N-dealkylation sites (tertiary alicyclic amines) is 1. The van der Waals surface area contributed by atoms with Gasteiger partial charge in [-0.05, 0) is 18.6 Å². The lowest BCUT2D eigenvalue weighted by molar-refractivity contribution is -0.128. The van der Waals surface area contributed by atoms with Gasteiger partial charge in [0.25, 0.3) is 0 Å². The molecule has 0 bridgehead atoms. The number of thiol groups is 1. The molecule has 1 fully saturated rings.